The average Bonchev–Trinajstić information content (AvgIpc) is 2.32. The molecule has 1 amide bonds. The van der Waals surface area contributed by atoms with Gasteiger partial charge in [0, 0.05) is 0 Å². The smallest absolute Gasteiger partial charge is 0.248 e. The minimum atomic E-state index is 0.104. The first-order chi connectivity index (χ1) is 5.27. The average molecular weight is 152 g/mol. The van der Waals surface area contributed by atoms with Crippen molar-refractivity contribution in [3.05, 3.63) is 0 Å². The summed E-state index contributed by atoms with van der Waals surface area (Å²) in [5, 5.41) is 4.01. The Hall–Kier alpha value is -0.860. The fourth-order valence-electron chi connectivity index (χ4n) is 1.83. The van der Waals surface area contributed by atoms with Crippen molar-refractivity contribution in [2.45, 2.75) is 26.2 Å². The van der Waals surface area contributed by atoms with Crippen molar-refractivity contribution in [3.8, 4) is 0 Å². The van der Waals surface area contributed by atoms with Crippen LogP contribution in [0.15, 0.2) is 5.10 Å². The Labute approximate surface area is 65.9 Å². The van der Waals surface area contributed by atoms with E-state index in [1.54, 1.807) is 0 Å². The maximum absolute atomic E-state index is 11.1. The van der Waals surface area contributed by atoms with Crippen LogP contribution in [0.25, 0.3) is 0 Å². The van der Waals surface area contributed by atoms with E-state index in [0.29, 0.717) is 5.92 Å². The molecular weight excluding hydrogens is 140 g/mol. The molecule has 2 rings (SSSR count). The number of hydrogen-bond donors (Lipinski definition) is 1. The Bertz CT molecular complexity index is 222. The van der Waals surface area contributed by atoms with Gasteiger partial charge in [0.05, 0.1) is 11.6 Å². The molecule has 2 aliphatic rings. The number of amides is 1. The molecule has 2 atom stereocenters. The van der Waals surface area contributed by atoms with E-state index in [1.807, 2.05) is 0 Å². The van der Waals surface area contributed by atoms with Crippen molar-refractivity contribution in [2.24, 2.45) is 16.9 Å². The van der Waals surface area contributed by atoms with Crippen LogP contribution in [0.5, 0.6) is 0 Å². The van der Waals surface area contributed by atoms with Crippen LogP contribution in [0.2, 0.25) is 0 Å². The summed E-state index contributed by atoms with van der Waals surface area (Å²) in [5.74, 6) is 0.927. The van der Waals surface area contributed by atoms with Crippen LogP contribution < -0.4 is 5.43 Å². The van der Waals surface area contributed by atoms with Gasteiger partial charge in [-0.2, -0.15) is 5.10 Å². The highest BCUT2D eigenvalue weighted by molar-refractivity contribution is 6.08. The Morgan fingerprint density at radius 3 is 3.18 bits per heavy atom. The number of carbonyl (C=O) groups excluding carboxylic acids is 1. The molecule has 60 valence electrons. The van der Waals surface area contributed by atoms with Crippen LogP contribution in [-0.2, 0) is 4.79 Å². The van der Waals surface area contributed by atoms with Gasteiger partial charge in [-0.15, -0.1) is 0 Å². The predicted molar refractivity (Wildman–Crippen MR) is 42.1 cm³/mol. The largest absolute Gasteiger partial charge is 0.272 e. The molecule has 0 saturated heterocycles. The van der Waals surface area contributed by atoms with Gasteiger partial charge in [-0.25, -0.2) is 5.43 Å². The van der Waals surface area contributed by atoms with E-state index in [4.69, 9.17) is 0 Å². The summed E-state index contributed by atoms with van der Waals surface area (Å²) < 4.78 is 0. The van der Waals surface area contributed by atoms with E-state index in [1.165, 1.54) is 0 Å². The number of rotatable bonds is 0. The normalized spacial score (nSPS) is 36.1. The zero-order valence-electron chi connectivity index (χ0n) is 6.63. The second-order valence-corrected chi connectivity index (χ2v) is 3.52. The first-order valence-electron chi connectivity index (χ1n) is 4.13. The number of carbonyl (C=O) groups is 1. The maximum atomic E-state index is 11.1. The fourth-order valence-corrected chi connectivity index (χ4v) is 1.83. The van der Waals surface area contributed by atoms with Gasteiger partial charge in [-0.1, -0.05) is 6.92 Å². The molecule has 2 unspecified atom stereocenters. The van der Waals surface area contributed by atoms with Crippen LogP contribution in [0, 0.1) is 11.8 Å². The van der Waals surface area contributed by atoms with Crippen molar-refractivity contribution >= 4 is 11.6 Å². The van der Waals surface area contributed by atoms with Crippen molar-refractivity contribution in [3.63, 3.8) is 0 Å². The second-order valence-electron chi connectivity index (χ2n) is 3.52. The molecular formula is C8H12N2O. The number of nitrogens with one attached hydrogen (secondary N) is 1. The molecule has 1 heterocycles. The molecule has 1 fully saturated rings. The molecule has 0 aromatic rings. The highest BCUT2D eigenvalue weighted by Crippen LogP contribution is 2.28. The third-order valence-corrected chi connectivity index (χ3v) is 2.53. The van der Waals surface area contributed by atoms with Gasteiger partial charge < -0.3 is 0 Å². The quantitative estimate of drug-likeness (QED) is 0.550. The Morgan fingerprint density at radius 2 is 2.36 bits per heavy atom. The second kappa shape index (κ2) is 2.32. The lowest BCUT2D eigenvalue weighted by Crippen LogP contribution is -2.28. The van der Waals surface area contributed by atoms with E-state index < -0.39 is 0 Å². The number of hydrazone groups is 1. The molecule has 3 nitrogen and oxygen atoms in total. The van der Waals surface area contributed by atoms with Gasteiger partial charge in [0.2, 0.25) is 5.91 Å². The van der Waals surface area contributed by atoms with E-state index >= 15 is 0 Å². The van der Waals surface area contributed by atoms with Gasteiger partial charge in [0.1, 0.15) is 0 Å². The van der Waals surface area contributed by atoms with E-state index in [9.17, 15) is 4.79 Å². The molecule has 3 heteroatoms. The highest BCUT2D eigenvalue weighted by Gasteiger charge is 2.33. The van der Waals surface area contributed by atoms with Gasteiger partial charge in [0.15, 0.2) is 0 Å². The van der Waals surface area contributed by atoms with Crippen LogP contribution in [0.3, 0.4) is 0 Å². The SMILES string of the molecule is CC1CCC2C(=O)NN=C2C1. The standard InChI is InChI=1S/C8H12N2O/c1-5-2-3-6-7(4-5)9-10-8(6)11/h5-6H,2-4H2,1H3,(H,10,11). The molecule has 1 N–H and O–H groups in total. The Balaban J connectivity index is 2.15. The minimum Gasteiger partial charge on any atom is -0.272 e. The number of nitrogens with zero attached hydrogens (tertiary/aromatic N) is 1. The zero-order valence-corrected chi connectivity index (χ0v) is 6.63. The third-order valence-electron chi connectivity index (χ3n) is 2.53. The predicted octanol–water partition coefficient (Wildman–Crippen LogP) is 0.908. The van der Waals surface area contributed by atoms with Crippen molar-refractivity contribution in [1.29, 1.82) is 0 Å². The van der Waals surface area contributed by atoms with Crippen molar-refractivity contribution < 1.29 is 4.79 Å². The topological polar surface area (TPSA) is 41.5 Å². The van der Waals surface area contributed by atoms with Crippen LogP contribution >= 0.6 is 0 Å². The first kappa shape index (κ1) is 6.83. The lowest BCUT2D eigenvalue weighted by atomic mass is 9.82. The molecule has 0 aromatic carbocycles. The Kier molecular flexibility index (Phi) is 1.44. The molecule has 0 aromatic heterocycles. The molecule has 0 radical (unpaired) electrons. The van der Waals surface area contributed by atoms with Crippen LogP contribution in [0.4, 0.5) is 0 Å². The highest BCUT2D eigenvalue weighted by atomic mass is 16.2. The third kappa shape index (κ3) is 1.04. The summed E-state index contributed by atoms with van der Waals surface area (Å²) in [6.45, 7) is 2.21. The Morgan fingerprint density at radius 1 is 1.55 bits per heavy atom. The molecule has 0 bridgehead atoms. The van der Waals surface area contributed by atoms with Gasteiger partial charge in [-0.05, 0) is 25.2 Å². The van der Waals surface area contributed by atoms with Gasteiger partial charge >= 0.3 is 0 Å². The van der Waals surface area contributed by atoms with Gasteiger partial charge in [0.25, 0.3) is 0 Å². The van der Waals surface area contributed by atoms with Crippen molar-refractivity contribution in [1.82, 2.24) is 5.43 Å². The summed E-state index contributed by atoms with van der Waals surface area (Å²) in [6.07, 6.45) is 3.16. The molecule has 1 aliphatic carbocycles. The molecule has 1 saturated carbocycles. The van der Waals surface area contributed by atoms with E-state index in [2.05, 4.69) is 17.5 Å². The zero-order chi connectivity index (χ0) is 7.84. The van der Waals surface area contributed by atoms with E-state index in [0.717, 1.165) is 25.0 Å². The van der Waals surface area contributed by atoms with Crippen LogP contribution in [0.1, 0.15) is 26.2 Å². The summed E-state index contributed by atoms with van der Waals surface area (Å²) in [6, 6.07) is 0. The monoisotopic (exact) mass is 152 g/mol. The maximum Gasteiger partial charge on any atom is 0.248 e. The lowest BCUT2D eigenvalue weighted by molar-refractivity contribution is -0.122. The molecule has 1 aliphatic heterocycles. The summed E-state index contributed by atoms with van der Waals surface area (Å²) >= 11 is 0. The van der Waals surface area contributed by atoms with Gasteiger partial charge in [-0.3, -0.25) is 4.79 Å². The number of hydrogen-bond acceptors (Lipinski definition) is 2. The molecule has 11 heavy (non-hydrogen) atoms. The van der Waals surface area contributed by atoms with E-state index in [-0.39, 0.29) is 11.8 Å². The fraction of sp³-hybridized carbons (Fsp3) is 0.750. The minimum absolute atomic E-state index is 0.104. The summed E-state index contributed by atoms with van der Waals surface area (Å²) in [7, 11) is 0. The summed E-state index contributed by atoms with van der Waals surface area (Å²) in [5.41, 5.74) is 3.61. The summed E-state index contributed by atoms with van der Waals surface area (Å²) in [4.78, 5) is 11.1. The molecule has 0 spiro atoms. The number of fused-ring (bicyclic) bond motifs is 1. The van der Waals surface area contributed by atoms with Crippen molar-refractivity contribution in [2.75, 3.05) is 0 Å². The lowest BCUT2D eigenvalue weighted by Gasteiger charge is -2.21. The van der Waals surface area contributed by atoms with Crippen LogP contribution in [-0.4, -0.2) is 11.6 Å². The first-order valence-corrected chi connectivity index (χ1v) is 4.13.